The van der Waals surface area contributed by atoms with E-state index in [-0.39, 0.29) is 4.90 Å². The highest BCUT2D eigenvalue weighted by Crippen LogP contribution is 2.34. The SMILES string of the molecule is Cc1ccc(-c2nc(Cc3ccccc3)oc2-c2ccc(S(C)(=O)=O)cc2)cc1. The van der Waals surface area contributed by atoms with Crippen LogP contribution in [-0.2, 0) is 16.3 Å². The van der Waals surface area contributed by atoms with E-state index in [0.29, 0.717) is 18.1 Å². The molecule has 0 N–H and O–H groups in total. The van der Waals surface area contributed by atoms with Gasteiger partial charge in [-0.2, -0.15) is 0 Å². The molecule has 0 aliphatic rings. The van der Waals surface area contributed by atoms with Gasteiger partial charge in [-0.3, -0.25) is 0 Å². The van der Waals surface area contributed by atoms with Crippen molar-refractivity contribution >= 4 is 9.84 Å². The molecular weight excluding hydrogens is 382 g/mol. The van der Waals surface area contributed by atoms with Gasteiger partial charge in [0.1, 0.15) is 5.69 Å². The van der Waals surface area contributed by atoms with E-state index in [1.165, 1.54) is 11.8 Å². The van der Waals surface area contributed by atoms with E-state index in [1.54, 1.807) is 24.3 Å². The van der Waals surface area contributed by atoms with Gasteiger partial charge in [-0.05, 0) is 36.8 Å². The van der Waals surface area contributed by atoms with Gasteiger partial charge in [-0.15, -0.1) is 0 Å². The van der Waals surface area contributed by atoms with Crippen molar-refractivity contribution in [3.05, 3.63) is 95.9 Å². The van der Waals surface area contributed by atoms with Crippen molar-refractivity contribution in [1.82, 2.24) is 4.98 Å². The lowest BCUT2D eigenvalue weighted by Gasteiger charge is -2.04. The molecule has 146 valence electrons. The molecule has 0 fully saturated rings. The number of aryl methyl sites for hydroxylation is 1. The smallest absolute Gasteiger partial charge is 0.199 e. The minimum absolute atomic E-state index is 0.280. The molecule has 4 aromatic rings. The van der Waals surface area contributed by atoms with Crippen molar-refractivity contribution in [2.75, 3.05) is 6.26 Å². The quantitative estimate of drug-likeness (QED) is 0.453. The third kappa shape index (κ3) is 4.30. The minimum atomic E-state index is -3.25. The maximum absolute atomic E-state index is 11.8. The van der Waals surface area contributed by atoms with E-state index in [4.69, 9.17) is 9.40 Å². The Morgan fingerprint density at radius 1 is 0.828 bits per heavy atom. The van der Waals surface area contributed by atoms with Crippen LogP contribution in [0.3, 0.4) is 0 Å². The number of sulfone groups is 1. The van der Waals surface area contributed by atoms with E-state index in [2.05, 4.69) is 0 Å². The van der Waals surface area contributed by atoms with Gasteiger partial charge in [0.25, 0.3) is 0 Å². The number of hydrogen-bond donors (Lipinski definition) is 0. The van der Waals surface area contributed by atoms with Gasteiger partial charge in [0.05, 0.1) is 4.90 Å². The molecule has 0 radical (unpaired) electrons. The molecular formula is C24H21NO3S. The molecule has 1 aromatic heterocycles. The monoisotopic (exact) mass is 403 g/mol. The lowest BCUT2D eigenvalue weighted by Crippen LogP contribution is -1.96. The number of benzene rings is 3. The first-order valence-corrected chi connectivity index (χ1v) is 11.2. The molecule has 5 heteroatoms. The van der Waals surface area contributed by atoms with Crippen molar-refractivity contribution in [1.29, 1.82) is 0 Å². The lowest BCUT2D eigenvalue weighted by atomic mass is 10.0. The van der Waals surface area contributed by atoms with E-state index in [1.807, 2.05) is 61.5 Å². The van der Waals surface area contributed by atoms with Gasteiger partial charge in [-0.25, -0.2) is 13.4 Å². The number of aromatic nitrogens is 1. The lowest BCUT2D eigenvalue weighted by molar-refractivity contribution is 0.519. The molecule has 0 aliphatic carbocycles. The Bertz CT molecular complexity index is 1220. The van der Waals surface area contributed by atoms with Gasteiger partial charge in [0.15, 0.2) is 21.5 Å². The topological polar surface area (TPSA) is 60.2 Å². The normalized spacial score (nSPS) is 11.5. The maximum atomic E-state index is 11.8. The molecule has 29 heavy (non-hydrogen) atoms. The Morgan fingerprint density at radius 2 is 1.45 bits per heavy atom. The molecule has 0 saturated heterocycles. The highest BCUT2D eigenvalue weighted by atomic mass is 32.2. The second kappa shape index (κ2) is 7.68. The second-order valence-corrected chi connectivity index (χ2v) is 9.13. The van der Waals surface area contributed by atoms with Crippen molar-refractivity contribution in [2.45, 2.75) is 18.2 Å². The summed E-state index contributed by atoms with van der Waals surface area (Å²) in [7, 11) is -3.25. The number of rotatable bonds is 5. The molecule has 4 rings (SSSR count). The Balaban J connectivity index is 1.79. The van der Waals surface area contributed by atoms with Crippen LogP contribution >= 0.6 is 0 Å². The molecule has 3 aromatic carbocycles. The Morgan fingerprint density at radius 3 is 2.07 bits per heavy atom. The largest absolute Gasteiger partial charge is 0.440 e. The molecule has 0 bridgehead atoms. The van der Waals surface area contributed by atoms with Crippen LogP contribution in [0.25, 0.3) is 22.6 Å². The number of hydrogen-bond acceptors (Lipinski definition) is 4. The fourth-order valence-corrected chi connectivity index (χ4v) is 3.80. The predicted octanol–water partition coefficient (Wildman–Crippen LogP) is 5.31. The zero-order valence-corrected chi connectivity index (χ0v) is 17.1. The molecule has 0 amide bonds. The van der Waals surface area contributed by atoms with Crippen molar-refractivity contribution in [3.63, 3.8) is 0 Å². The summed E-state index contributed by atoms with van der Waals surface area (Å²) in [5.74, 6) is 1.26. The van der Waals surface area contributed by atoms with Crippen molar-refractivity contribution in [2.24, 2.45) is 0 Å². The summed E-state index contributed by atoms with van der Waals surface area (Å²) in [5, 5.41) is 0. The van der Waals surface area contributed by atoms with Crippen molar-refractivity contribution in [3.8, 4) is 22.6 Å². The van der Waals surface area contributed by atoms with E-state index in [0.717, 1.165) is 22.4 Å². The summed E-state index contributed by atoms with van der Waals surface area (Å²) in [6.45, 7) is 2.04. The zero-order valence-electron chi connectivity index (χ0n) is 16.3. The summed E-state index contributed by atoms with van der Waals surface area (Å²) < 4.78 is 29.7. The summed E-state index contributed by atoms with van der Waals surface area (Å²) in [6.07, 6.45) is 1.78. The van der Waals surface area contributed by atoms with Gasteiger partial charge >= 0.3 is 0 Å². The minimum Gasteiger partial charge on any atom is -0.440 e. The predicted molar refractivity (Wildman–Crippen MR) is 114 cm³/mol. The van der Waals surface area contributed by atoms with Crippen LogP contribution in [0.5, 0.6) is 0 Å². The number of oxazole rings is 1. The van der Waals surface area contributed by atoms with Crippen LogP contribution in [-0.4, -0.2) is 19.7 Å². The number of nitrogens with zero attached hydrogens (tertiary/aromatic N) is 1. The van der Waals surface area contributed by atoms with Crippen molar-refractivity contribution < 1.29 is 12.8 Å². The maximum Gasteiger partial charge on any atom is 0.199 e. The highest BCUT2D eigenvalue weighted by molar-refractivity contribution is 7.90. The van der Waals surface area contributed by atoms with E-state index in [9.17, 15) is 8.42 Å². The molecule has 0 saturated carbocycles. The second-order valence-electron chi connectivity index (χ2n) is 7.11. The van der Waals surface area contributed by atoms with Gasteiger partial charge < -0.3 is 4.42 Å². The average Bonchev–Trinajstić information content (AvgIpc) is 3.12. The van der Waals surface area contributed by atoms with Crippen LogP contribution in [0, 0.1) is 6.92 Å². The summed E-state index contributed by atoms with van der Waals surface area (Å²) in [5.41, 5.74) is 4.78. The third-order valence-corrected chi connectivity index (χ3v) is 5.87. The van der Waals surface area contributed by atoms with Crippen LogP contribution in [0.2, 0.25) is 0 Å². The first-order chi connectivity index (χ1) is 13.9. The molecule has 0 atom stereocenters. The summed E-state index contributed by atoms with van der Waals surface area (Å²) >= 11 is 0. The van der Waals surface area contributed by atoms with E-state index >= 15 is 0 Å². The summed E-state index contributed by atoms with van der Waals surface area (Å²) in [6, 6.07) is 24.9. The third-order valence-electron chi connectivity index (χ3n) is 4.74. The molecule has 0 spiro atoms. The standard InChI is InChI=1S/C24H21NO3S/c1-17-8-10-19(11-9-17)23-24(20-12-14-21(15-13-20)29(2,26)27)28-22(25-23)16-18-6-4-3-5-7-18/h3-15H,16H2,1-2H3. The fraction of sp³-hybridized carbons (Fsp3) is 0.125. The van der Waals surface area contributed by atoms with Crippen LogP contribution in [0.4, 0.5) is 0 Å². The van der Waals surface area contributed by atoms with Gasteiger partial charge in [-0.1, -0.05) is 60.2 Å². The van der Waals surface area contributed by atoms with Crippen LogP contribution in [0.1, 0.15) is 17.0 Å². The molecule has 0 unspecified atom stereocenters. The molecule has 4 nitrogen and oxygen atoms in total. The Kier molecular flexibility index (Phi) is 5.07. The first kappa shape index (κ1) is 19.2. The van der Waals surface area contributed by atoms with Gasteiger partial charge in [0, 0.05) is 23.8 Å². The highest BCUT2D eigenvalue weighted by Gasteiger charge is 2.18. The average molecular weight is 404 g/mol. The molecule has 1 heterocycles. The van der Waals surface area contributed by atoms with Crippen LogP contribution < -0.4 is 0 Å². The zero-order chi connectivity index (χ0) is 20.4. The fourth-order valence-electron chi connectivity index (χ4n) is 3.17. The molecule has 0 aliphatic heterocycles. The Labute approximate surface area is 170 Å². The van der Waals surface area contributed by atoms with Gasteiger partial charge in [0.2, 0.25) is 0 Å². The van der Waals surface area contributed by atoms with E-state index < -0.39 is 9.84 Å². The summed E-state index contributed by atoms with van der Waals surface area (Å²) in [4.78, 5) is 5.05. The first-order valence-electron chi connectivity index (χ1n) is 9.31. The van der Waals surface area contributed by atoms with Crippen LogP contribution in [0.15, 0.2) is 88.2 Å². The Hall–Kier alpha value is -3.18.